The Morgan fingerprint density at radius 2 is 1.81 bits per heavy atom. The molecule has 1 heterocycles. The third-order valence-corrected chi connectivity index (χ3v) is 3.13. The molecule has 1 aromatic rings. The Labute approximate surface area is 126 Å². The number of anilines is 3. The summed E-state index contributed by atoms with van der Waals surface area (Å²) < 4.78 is 0. The average Bonchev–Trinajstić information content (AvgIpc) is 2.48. The van der Waals surface area contributed by atoms with Crippen molar-refractivity contribution in [2.24, 2.45) is 5.84 Å². The average molecular weight is 292 g/mol. The molecule has 0 aliphatic heterocycles. The summed E-state index contributed by atoms with van der Waals surface area (Å²) in [6, 6.07) is 2.32. The number of nitrogens with one attached hydrogen (secondary N) is 1. The highest BCUT2D eigenvalue weighted by Crippen LogP contribution is 2.18. The van der Waals surface area contributed by atoms with Crippen molar-refractivity contribution < 1.29 is 0 Å². The lowest BCUT2D eigenvalue weighted by Gasteiger charge is -2.27. The van der Waals surface area contributed by atoms with Gasteiger partial charge in [-0.3, -0.25) is 5.43 Å². The van der Waals surface area contributed by atoms with E-state index in [-0.39, 0.29) is 6.04 Å². The molecule has 0 atom stereocenters. The number of nitrogen functional groups attached to an aromatic ring is 1. The molecule has 0 aliphatic rings. The highest BCUT2D eigenvalue weighted by Gasteiger charge is 2.17. The maximum atomic E-state index is 8.79. The van der Waals surface area contributed by atoms with Gasteiger partial charge in [-0.1, -0.05) is 0 Å². The summed E-state index contributed by atoms with van der Waals surface area (Å²) in [7, 11) is 0. The molecular formula is C13H24N8. The van der Waals surface area contributed by atoms with Crippen LogP contribution in [0.4, 0.5) is 17.8 Å². The van der Waals surface area contributed by atoms with E-state index in [1.165, 1.54) is 0 Å². The summed E-state index contributed by atoms with van der Waals surface area (Å²) in [5.74, 6) is 6.89. The second-order valence-electron chi connectivity index (χ2n) is 4.77. The molecule has 0 bridgehead atoms. The van der Waals surface area contributed by atoms with Crippen LogP contribution < -0.4 is 21.1 Å². The molecule has 0 fully saturated rings. The van der Waals surface area contributed by atoms with Crippen LogP contribution in [0, 0.1) is 11.3 Å². The first-order valence-electron chi connectivity index (χ1n) is 7.18. The summed E-state index contributed by atoms with van der Waals surface area (Å²) >= 11 is 0. The monoisotopic (exact) mass is 292 g/mol. The van der Waals surface area contributed by atoms with E-state index in [9.17, 15) is 0 Å². The molecule has 0 aromatic carbocycles. The van der Waals surface area contributed by atoms with Crippen molar-refractivity contribution >= 4 is 17.8 Å². The number of hydrazine groups is 1. The van der Waals surface area contributed by atoms with E-state index in [4.69, 9.17) is 11.1 Å². The molecule has 116 valence electrons. The molecule has 3 N–H and O–H groups in total. The first-order valence-corrected chi connectivity index (χ1v) is 7.18. The summed E-state index contributed by atoms with van der Waals surface area (Å²) in [5, 5.41) is 8.79. The first kappa shape index (κ1) is 16.9. The standard InChI is InChI=1S/C13H24N8/c1-5-20(6-2)12-16-11(19-15)17-13(18-12)21(10(3)4)9-7-8-14/h10H,5-7,9,15H2,1-4H3,(H,16,17,18,19). The van der Waals surface area contributed by atoms with Gasteiger partial charge in [-0.15, -0.1) is 0 Å². The normalized spacial score (nSPS) is 10.3. The quantitative estimate of drug-likeness (QED) is 0.542. The molecule has 0 saturated carbocycles. The van der Waals surface area contributed by atoms with Crippen molar-refractivity contribution in [3.05, 3.63) is 0 Å². The van der Waals surface area contributed by atoms with Gasteiger partial charge in [0.1, 0.15) is 0 Å². The zero-order valence-corrected chi connectivity index (χ0v) is 13.2. The van der Waals surface area contributed by atoms with Crippen molar-refractivity contribution in [1.29, 1.82) is 5.26 Å². The lowest BCUT2D eigenvalue weighted by atomic mass is 10.3. The fourth-order valence-electron chi connectivity index (χ4n) is 1.95. The van der Waals surface area contributed by atoms with Gasteiger partial charge in [-0.25, -0.2) is 5.84 Å². The third-order valence-electron chi connectivity index (χ3n) is 3.13. The highest BCUT2D eigenvalue weighted by atomic mass is 15.4. The Morgan fingerprint density at radius 3 is 2.29 bits per heavy atom. The van der Waals surface area contributed by atoms with E-state index in [0.717, 1.165) is 13.1 Å². The molecule has 0 amide bonds. The topological polar surface area (TPSA) is 107 Å². The predicted molar refractivity (Wildman–Crippen MR) is 83.9 cm³/mol. The molecule has 0 aliphatic carbocycles. The minimum atomic E-state index is 0.177. The largest absolute Gasteiger partial charge is 0.341 e. The van der Waals surface area contributed by atoms with Gasteiger partial charge < -0.3 is 9.80 Å². The van der Waals surface area contributed by atoms with Crippen molar-refractivity contribution in [2.45, 2.75) is 40.2 Å². The molecule has 0 spiro atoms. The predicted octanol–water partition coefficient (Wildman–Crippen LogP) is 1.13. The van der Waals surface area contributed by atoms with E-state index in [1.807, 2.05) is 37.5 Å². The fraction of sp³-hybridized carbons (Fsp3) is 0.692. The lowest BCUT2D eigenvalue weighted by molar-refractivity contribution is 0.660. The zero-order valence-electron chi connectivity index (χ0n) is 13.2. The Hall–Kier alpha value is -2.14. The van der Waals surface area contributed by atoms with Gasteiger partial charge in [0.15, 0.2) is 0 Å². The molecule has 21 heavy (non-hydrogen) atoms. The lowest BCUT2D eigenvalue weighted by Crippen LogP contribution is -2.35. The van der Waals surface area contributed by atoms with E-state index in [0.29, 0.717) is 30.8 Å². The van der Waals surface area contributed by atoms with Gasteiger partial charge in [0.25, 0.3) is 0 Å². The maximum absolute atomic E-state index is 8.79. The van der Waals surface area contributed by atoms with Gasteiger partial charge >= 0.3 is 0 Å². The molecule has 0 saturated heterocycles. The van der Waals surface area contributed by atoms with Crippen LogP contribution in [0.3, 0.4) is 0 Å². The Morgan fingerprint density at radius 1 is 1.19 bits per heavy atom. The minimum absolute atomic E-state index is 0.177. The van der Waals surface area contributed by atoms with Crippen molar-refractivity contribution in [3.63, 3.8) is 0 Å². The molecule has 8 heteroatoms. The Kier molecular flexibility index (Phi) is 6.62. The molecule has 1 rings (SSSR count). The van der Waals surface area contributed by atoms with E-state index in [1.54, 1.807) is 0 Å². The van der Waals surface area contributed by atoms with Gasteiger partial charge in [-0.05, 0) is 27.7 Å². The number of hydrogen-bond acceptors (Lipinski definition) is 8. The number of nitrogens with zero attached hydrogens (tertiary/aromatic N) is 6. The summed E-state index contributed by atoms with van der Waals surface area (Å²) in [5.41, 5.74) is 2.48. The summed E-state index contributed by atoms with van der Waals surface area (Å²) in [4.78, 5) is 17.1. The third kappa shape index (κ3) is 4.43. The van der Waals surface area contributed by atoms with Crippen LogP contribution in [0.5, 0.6) is 0 Å². The maximum Gasteiger partial charge on any atom is 0.243 e. The summed E-state index contributed by atoms with van der Waals surface area (Å²) in [6.45, 7) is 10.3. The molecule has 0 unspecified atom stereocenters. The van der Waals surface area contributed by atoms with Gasteiger partial charge in [0, 0.05) is 25.7 Å². The number of hydrogen-bond donors (Lipinski definition) is 2. The number of rotatable bonds is 8. The molecule has 8 nitrogen and oxygen atoms in total. The zero-order chi connectivity index (χ0) is 15.8. The number of nitrogens with two attached hydrogens (primary N) is 1. The number of aromatic nitrogens is 3. The SMILES string of the molecule is CCN(CC)c1nc(NN)nc(N(CCC#N)C(C)C)n1. The summed E-state index contributed by atoms with van der Waals surface area (Å²) in [6.07, 6.45) is 0.413. The highest BCUT2D eigenvalue weighted by molar-refractivity contribution is 5.45. The van der Waals surface area contributed by atoms with Crippen LogP contribution in [0.15, 0.2) is 0 Å². The molecule has 1 aromatic heterocycles. The second-order valence-corrected chi connectivity index (χ2v) is 4.77. The smallest absolute Gasteiger partial charge is 0.243 e. The van der Waals surface area contributed by atoms with Gasteiger partial charge in [-0.2, -0.15) is 20.2 Å². The Balaban J connectivity index is 3.20. The van der Waals surface area contributed by atoms with E-state index < -0.39 is 0 Å². The van der Waals surface area contributed by atoms with E-state index in [2.05, 4.69) is 26.4 Å². The van der Waals surface area contributed by atoms with Gasteiger partial charge in [0.05, 0.1) is 12.5 Å². The Bertz CT molecular complexity index is 478. The van der Waals surface area contributed by atoms with Gasteiger partial charge in [0.2, 0.25) is 17.8 Å². The van der Waals surface area contributed by atoms with Crippen molar-refractivity contribution in [3.8, 4) is 6.07 Å². The van der Waals surface area contributed by atoms with Crippen molar-refractivity contribution in [1.82, 2.24) is 15.0 Å². The van der Waals surface area contributed by atoms with Crippen LogP contribution in [-0.2, 0) is 0 Å². The molecule has 0 radical (unpaired) electrons. The minimum Gasteiger partial charge on any atom is -0.341 e. The number of nitriles is 1. The fourth-order valence-corrected chi connectivity index (χ4v) is 1.95. The molecular weight excluding hydrogens is 268 g/mol. The van der Waals surface area contributed by atoms with Crippen LogP contribution in [0.1, 0.15) is 34.1 Å². The van der Waals surface area contributed by atoms with Crippen LogP contribution in [0.2, 0.25) is 0 Å². The van der Waals surface area contributed by atoms with Crippen LogP contribution in [-0.4, -0.2) is 40.6 Å². The van der Waals surface area contributed by atoms with Crippen molar-refractivity contribution in [2.75, 3.05) is 34.9 Å². The second kappa shape index (κ2) is 8.21. The van der Waals surface area contributed by atoms with Crippen LogP contribution in [0.25, 0.3) is 0 Å². The first-order chi connectivity index (χ1) is 10.1. The van der Waals surface area contributed by atoms with Crippen LogP contribution >= 0.6 is 0 Å². The van der Waals surface area contributed by atoms with E-state index >= 15 is 0 Å².